The van der Waals surface area contributed by atoms with E-state index in [1.54, 1.807) is 18.3 Å². The van der Waals surface area contributed by atoms with Crippen LogP contribution in [-0.4, -0.2) is 47.0 Å². The van der Waals surface area contributed by atoms with E-state index < -0.39 is 0 Å². The highest BCUT2D eigenvalue weighted by Crippen LogP contribution is 2.27. The van der Waals surface area contributed by atoms with Crippen molar-refractivity contribution in [3.05, 3.63) is 52.4 Å². The molecule has 0 aromatic carbocycles. The molecule has 0 bridgehead atoms. The molecule has 8 heteroatoms. The van der Waals surface area contributed by atoms with Crippen molar-refractivity contribution in [1.82, 2.24) is 20.2 Å². The van der Waals surface area contributed by atoms with E-state index in [4.69, 9.17) is 0 Å². The Kier molecular flexibility index (Phi) is 7.41. The number of nitrogens with one attached hydrogen (secondary N) is 2. The van der Waals surface area contributed by atoms with Crippen LogP contribution in [0.4, 0.5) is 0 Å². The van der Waals surface area contributed by atoms with Crippen LogP contribution >= 0.6 is 24.8 Å². The lowest BCUT2D eigenvalue weighted by Crippen LogP contribution is -2.36. The van der Waals surface area contributed by atoms with Crippen molar-refractivity contribution in [1.29, 1.82) is 0 Å². The van der Waals surface area contributed by atoms with Crippen LogP contribution in [0.2, 0.25) is 0 Å². The summed E-state index contributed by atoms with van der Waals surface area (Å²) in [6.07, 6.45) is 3.69. The number of amides is 1. The summed E-state index contributed by atoms with van der Waals surface area (Å²) < 4.78 is 0. The number of H-pyrrole nitrogens is 1. The largest absolute Gasteiger partial charge is 0.338 e. The Morgan fingerprint density at radius 1 is 1.04 bits per heavy atom. The number of aromatic nitrogens is 2. The van der Waals surface area contributed by atoms with Crippen molar-refractivity contribution >= 4 is 30.7 Å². The first kappa shape index (κ1) is 21.4. The van der Waals surface area contributed by atoms with Gasteiger partial charge in [0.2, 0.25) is 0 Å². The van der Waals surface area contributed by atoms with Crippen molar-refractivity contribution < 1.29 is 4.79 Å². The number of nitrogens with zero attached hydrogens (tertiary/aromatic N) is 2. The third-order valence-corrected chi connectivity index (χ3v) is 5.39. The normalized spacial score (nSPS) is 21.4. The Morgan fingerprint density at radius 3 is 2.33 bits per heavy atom. The molecule has 4 rings (SSSR count). The number of aromatic amines is 1. The predicted molar refractivity (Wildman–Crippen MR) is 110 cm³/mol. The van der Waals surface area contributed by atoms with Gasteiger partial charge in [0.25, 0.3) is 11.5 Å². The average molecular weight is 411 g/mol. The first-order valence-corrected chi connectivity index (χ1v) is 8.87. The average Bonchev–Trinajstić information content (AvgIpc) is 3.00. The van der Waals surface area contributed by atoms with Gasteiger partial charge in [-0.05, 0) is 62.0 Å². The second-order valence-electron chi connectivity index (χ2n) is 6.88. The molecule has 2 aromatic heterocycles. The van der Waals surface area contributed by atoms with Crippen molar-refractivity contribution in [2.75, 3.05) is 26.2 Å². The summed E-state index contributed by atoms with van der Waals surface area (Å²) >= 11 is 0. The van der Waals surface area contributed by atoms with E-state index >= 15 is 0 Å². The molecule has 6 nitrogen and oxygen atoms in total. The van der Waals surface area contributed by atoms with Crippen LogP contribution in [0.25, 0.3) is 11.4 Å². The number of hydrogen-bond acceptors (Lipinski definition) is 4. The Hall–Kier alpha value is -1.89. The Bertz CT molecular complexity index is 814. The highest BCUT2D eigenvalue weighted by Gasteiger charge is 2.32. The maximum absolute atomic E-state index is 12.8. The van der Waals surface area contributed by atoms with Crippen LogP contribution < -0.4 is 10.9 Å². The minimum atomic E-state index is -0.348. The summed E-state index contributed by atoms with van der Waals surface area (Å²) in [6, 6.07) is 8.90. The predicted octanol–water partition coefficient (Wildman–Crippen LogP) is 2.35. The first-order chi connectivity index (χ1) is 12.2. The summed E-state index contributed by atoms with van der Waals surface area (Å²) in [4.78, 5) is 34.1. The second-order valence-corrected chi connectivity index (χ2v) is 6.88. The molecule has 0 unspecified atom stereocenters. The van der Waals surface area contributed by atoms with Gasteiger partial charge in [-0.25, -0.2) is 0 Å². The molecule has 146 valence electrons. The number of pyridine rings is 2. The maximum Gasteiger partial charge on any atom is 0.261 e. The Labute approximate surface area is 170 Å². The molecule has 0 saturated carbocycles. The molecule has 2 aliphatic rings. The molecule has 2 atom stereocenters. The highest BCUT2D eigenvalue weighted by atomic mass is 35.5. The van der Waals surface area contributed by atoms with Gasteiger partial charge in [0.15, 0.2) is 0 Å². The number of halogens is 2. The highest BCUT2D eigenvalue weighted by molar-refractivity contribution is 5.94. The number of likely N-dealkylation sites (tertiary alicyclic amines) is 1. The molecule has 0 aliphatic carbocycles. The van der Waals surface area contributed by atoms with Crippen molar-refractivity contribution in [3.63, 3.8) is 0 Å². The zero-order valence-electron chi connectivity index (χ0n) is 14.9. The van der Waals surface area contributed by atoms with Gasteiger partial charge in [-0.2, -0.15) is 0 Å². The molecule has 1 amide bonds. The van der Waals surface area contributed by atoms with E-state index in [9.17, 15) is 9.59 Å². The number of fused-ring (bicyclic) bond motifs is 1. The molecule has 0 spiro atoms. The first-order valence-electron chi connectivity index (χ1n) is 8.87. The third-order valence-electron chi connectivity index (χ3n) is 5.39. The molecular formula is C19H24Cl2N4O2. The van der Waals surface area contributed by atoms with Crippen LogP contribution in [0.1, 0.15) is 23.2 Å². The summed E-state index contributed by atoms with van der Waals surface area (Å²) in [7, 11) is 0. The minimum absolute atomic E-state index is 0. The SMILES string of the molecule is Cl.Cl.O=C(c1ccc(-c2ccccn2)[nH]c1=O)N1CC[C@@H]2CNC[C@@H]2CC1. The van der Waals surface area contributed by atoms with Crippen molar-refractivity contribution in [2.45, 2.75) is 12.8 Å². The molecule has 2 aromatic rings. The Balaban J connectivity index is 0.00000131. The van der Waals surface area contributed by atoms with Gasteiger partial charge in [0.1, 0.15) is 5.56 Å². The molecule has 2 fully saturated rings. The fourth-order valence-electron chi connectivity index (χ4n) is 3.91. The standard InChI is InChI=1S/C19H22N4O2.2ClH/c24-18-15(4-5-17(22-18)16-3-1-2-8-21-16)19(25)23-9-6-13-11-20-12-14(13)7-10-23;;/h1-5,8,13-14,20H,6-7,9-12H2,(H,22,24);2*1H/t13-,14+;;. The lowest BCUT2D eigenvalue weighted by molar-refractivity contribution is 0.0756. The van der Waals surface area contributed by atoms with Gasteiger partial charge in [0.05, 0.1) is 11.4 Å². The molecule has 2 aliphatic heterocycles. The number of hydrogen-bond donors (Lipinski definition) is 2. The summed E-state index contributed by atoms with van der Waals surface area (Å²) in [6.45, 7) is 3.55. The third kappa shape index (κ3) is 4.51. The van der Waals surface area contributed by atoms with Gasteiger partial charge < -0.3 is 15.2 Å². The lowest BCUT2D eigenvalue weighted by Gasteiger charge is -2.20. The lowest BCUT2D eigenvalue weighted by atomic mass is 9.92. The van der Waals surface area contributed by atoms with Gasteiger partial charge in [-0.3, -0.25) is 14.6 Å². The molecule has 2 saturated heterocycles. The zero-order chi connectivity index (χ0) is 17.2. The smallest absolute Gasteiger partial charge is 0.261 e. The molecule has 4 heterocycles. The summed E-state index contributed by atoms with van der Waals surface area (Å²) in [5.41, 5.74) is 1.18. The maximum atomic E-state index is 12.8. The van der Waals surface area contributed by atoms with E-state index in [0.717, 1.165) is 39.0 Å². The quantitative estimate of drug-likeness (QED) is 0.796. The van der Waals surface area contributed by atoms with Crippen molar-refractivity contribution in [2.24, 2.45) is 11.8 Å². The van der Waals surface area contributed by atoms with Crippen LogP contribution in [0.3, 0.4) is 0 Å². The van der Waals surface area contributed by atoms with E-state index in [2.05, 4.69) is 15.3 Å². The number of carbonyl (C=O) groups excluding carboxylic acids is 1. The van der Waals surface area contributed by atoms with E-state index in [1.807, 2.05) is 23.1 Å². The fourth-order valence-corrected chi connectivity index (χ4v) is 3.91. The number of carbonyl (C=O) groups is 1. The minimum Gasteiger partial charge on any atom is -0.338 e. The van der Waals surface area contributed by atoms with Crippen LogP contribution in [0.15, 0.2) is 41.3 Å². The second kappa shape index (κ2) is 9.35. The van der Waals surface area contributed by atoms with E-state index in [-0.39, 0.29) is 41.8 Å². The van der Waals surface area contributed by atoms with Gasteiger partial charge in [-0.15, -0.1) is 24.8 Å². The molecule has 0 radical (unpaired) electrons. The number of rotatable bonds is 2. The van der Waals surface area contributed by atoms with Crippen LogP contribution in [-0.2, 0) is 0 Å². The topological polar surface area (TPSA) is 78.1 Å². The zero-order valence-corrected chi connectivity index (χ0v) is 16.5. The van der Waals surface area contributed by atoms with Gasteiger partial charge in [0, 0.05) is 19.3 Å². The van der Waals surface area contributed by atoms with Crippen molar-refractivity contribution in [3.8, 4) is 11.4 Å². The monoisotopic (exact) mass is 410 g/mol. The van der Waals surface area contributed by atoms with Gasteiger partial charge in [-0.1, -0.05) is 6.07 Å². The summed E-state index contributed by atoms with van der Waals surface area (Å²) in [5.74, 6) is 1.15. The van der Waals surface area contributed by atoms with E-state index in [1.165, 1.54) is 0 Å². The van der Waals surface area contributed by atoms with Crippen LogP contribution in [0, 0.1) is 11.8 Å². The molecular weight excluding hydrogens is 387 g/mol. The Morgan fingerprint density at radius 2 is 1.74 bits per heavy atom. The molecule has 27 heavy (non-hydrogen) atoms. The van der Waals surface area contributed by atoms with E-state index in [0.29, 0.717) is 23.2 Å². The summed E-state index contributed by atoms with van der Waals surface area (Å²) in [5, 5.41) is 3.43. The van der Waals surface area contributed by atoms with Crippen LogP contribution in [0.5, 0.6) is 0 Å². The molecule has 2 N–H and O–H groups in total. The fraction of sp³-hybridized carbons (Fsp3) is 0.421. The van der Waals surface area contributed by atoms with Gasteiger partial charge >= 0.3 is 0 Å².